The number of nitrogens with one attached hydrogen (secondary N) is 2. The number of amides is 1. The van der Waals surface area contributed by atoms with Crippen LogP contribution in [0.5, 0.6) is 0 Å². The lowest BCUT2D eigenvalue weighted by Gasteiger charge is -2.12. The van der Waals surface area contributed by atoms with E-state index in [4.69, 9.17) is 0 Å². The van der Waals surface area contributed by atoms with E-state index in [-0.39, 0.29) is 23.4 Å². The van der Waals surface area contributed by atoms with E-state index in [1.807, 2.05) is 31.2 Å². The van der Waals surface area contributed by atoms with Gasteiger partial charge in [0, 0.05) is 18.2 Å². The predicted octanol–water partition coefficient (Wildman–Crippen LogP) is 3.15. The smallest absolute Gasteiger partial charge is 0.251 e. The first-order valence-corrected chi connectivity index (χ1v) is 10.4. The Hall–Kier alpha value is -2.18. The molecule has 5 nitrogen and oxygen atoms in total. The standard InChI is InChI=1S/C20H24N2O3S/c1-15-6-8-16(9-7-15)14-21-26(24,25)19-12-10-17(11-13-19)20(23)22-18-4-2-3-5-18/h6-13,18,21H,2-5,14H2,1H3,(H,22,23). The van der Waals surface area contributed by atoms with Crippen molar-refractivity contribution in [2.24, 2.45) is 0 Å². The summed E-state index contributed by atoms with van der Waals surface area (Å²) in [5, 5.41) is 3.00. The summed E-state index contributed by atoms with van der Waals surface area (Å²) >= 11 is 0. The van der Waals surface area contributed by atoms with E-state index >= 15 is 0 Å². The van der Waals surface area contributed by atoms with Crippen molar-refractivity contribution >= 4 is 15.9 Å². The SMILES string of the molecule is Cc1ccc(CNS(=O)(=O)c2ccc(C(=O)NC3CCCC3)cc2)cc1. The molecule has 0 bridgehead atoms. The second-order valence-electron chi connectivity index (χ2n) is 6.79. The van der Waals surface area contributed by atoms with Gasteiger partial charge in [0.1, 0.15) is 0 Å². The molecule has 26 heavy (non-hydrogen) atoms. The zero-order valence-electron chi connectivity index (χ0n) is 14.9. The Bertz CT molecular complexity index is 853. The van der Waals surface area contributed by atoms with E-state index in [0.717, 1.165) is 36.8 Å². The molecule has 1 amide bonds. The molecule has 0 atom stereocenters. The van der Waals surface area contributed by atoms with Crippen molar-refractivity contribution in [3.63, 3.8) is 0 Å². The van der Waals surface area contributed by atoms with Crippen LogP contribution in [-0.4, -0.2) is 20.4 Å². The highest BCUT2D eigenvalue weighted by Gasteiger charge is 2.19. The highest BCUT2D eigenvalue weighted by atomic mass is 32.2. The van der Waals surface area contributed by atoms with E-state index in [0.29, 0.717) is 5.56 Å². The largest absolute Gasteiger partial charge is 0.349 e. The van der Waals surface area contributed by atoms with Crippen molar-refractivity contribution < 1.29 is 13.2 Å². The molecule has 0 radical (unpaired) electrons. The molecule has 2 N–H and O–H groups in total. The quantitative estimate of drug-likeness (QED) is 0.818. The molecular weight excluding hydrogens is 348 g/mol. The lowest BCUT2D eigenvalue weighted by Crippen LogP contribution is -2.32. The Morgan fingerprint density at radius 3 is 2.23 bits per heavy atom. The van der Waals surface area contributed by atoms with Crippen LogP contribution in [0.2, 0.25) is 0 Å². The van der Waals surface area contributed by atoms with Crippen molar-refractivity contribution in [1.82, 2.24) is 10.0 Å². The maximum Gasteiger partial charge on any atom is 0.251 e. The van der Waals surface area contributed by atoms with Crippen LogP contribution < -0.4 is 10.0 Å². The fourth-order valence-corrected chi connectivity index (χ4v) is 4.11. The molecule has 2 aromatic rings. The van der Waals surface area contributed by atoms with Crippen LogP contribution in [0.1, 0.15) is 47.2 Å². The van der Waals surface area contributed by atoms with Gasteiger partial charge in [-0.05, 0) is 49.6 Å². The van der Waals surface area contributed by atoms with Crippen LogP contribution in [0.25, 0.3) is 0 Å². The van der Waals surface area contributed by atoms with Crippen LogP contribution in [0, 0.1) is 6.92 Å². The summed E-state index contributed by atoms with van der Waals surface area (Å²) < 4.78 is 27.4. The van der Waals surface area contributed by atoms with Crippen molar-refractivity contribution in [3.05, 3.63) is 65.2 Å². The van der Waals surface area contributed by atoms with E-state index in [9.17, 15) is 13.2 Å². The Kier molecular flexibility index (Phi) is 5.74. The summed E-state index contributed by atoms with van der Waals surface area (Å²) in [6, 6.07) is 14.0. The second-order valence-corrected chi connectivity index (χ2v) is 8.56. The summed E-state index contributed by atoms with van der Waals surface area (Å²) in [7, 11) is -3.62. The molecular formula is C20H24N2O3S. The zero-order chi connectivity index (χ0) is 18.6. The first kappa shape index (κ1) is 18.6. The second kappa shape index (κ2) is 8.01. The molecule has 1 saturated carbocycles. The number of hydrogen-bond donors (Lipinski definition) is 2. The molecule has 0 unspecified atom stereocenters. The van der Waals surface area contributed by atoms with Crippen LogP contribution in [-0.2, 0) is 16.6 Å². The van der Waals surface area contributed by atoms with Crippen LogP contribution in [0.3, 0.4) is 0 Å². The van der Waals surface area contributed by atoms with Gasteiger partial charge in [-0.1, -0.05) is 42.7 Å². The molecule has 3 rings (SSSR count). The number of sulfonamides is 1. The first-order chi connectivity index (χ1) is 12.4. The van der Waals surface area contributed by atoms with Gasteiger partial charge in [-0.15, -0.1) is 0 Å². The highest BCUT2D eigenvalue weighted by molar-refractivity contribution is 7.89. The maximum atomic E-state index is 12.4. The Labute approximate surface area is 154 Å². The van der Waals surface area contributed by atoms with E-state index in [1.165, 1.54) is 12.1 Å². The zero-order valence-corrected chi connectivity index (χ0v) is 15.7. The molecule has 0 saturated heterocycles. The van der Waals surface area contributed by atoms with Crippen molar-refractivity contribution in [3.8, 4) is 0 Å². The van der Waals surface area contributed by atoms with E-state index in [2.05, 4.69) is 10.0 Å². The third-order valence-corrected chi connectivity index (χ3v) is 6.12. The number of rotatable bonds is 6. The minimum atomic E-state index is -3.62. The third-order valence-electron chi connectivity index (χ3n) is 4.70. The number of carbonyl (C=O) groups excluding carboxylic acids is 1. The number of aryl methyl sites for hydroxylation is 1. The predicted molar refractivity (Wildman–Crippen MR) is 101 cm³/mol. The average Bonchev–Trinajstić information content (AvgIpc) is 3.14. The minimum absolute atomic E-state index is 0.145. The number of carbonyl (C=O) groups is 1. The maximum absolute atomic E-state index is 12.4. The normalized spacial score (nSPS) is 15.1. The number of benzene rings is 2. The van der Waals surface area contributed by atoms with Gasteiger partial charge in [-0.3, -0.25) is 4.79 Å². The van der Waals surface area contributed by atoms with E-state index in [1.54, 1.807) is 12.1 Å². The summed E-state index contributed by atoms with van der Waals surface area (Å²) in [5.74, 6) is -0.145. The Morgan fingerprint density at radius 2 is 1.62 bits per heavy atom. The Morgan fingerprint density at radius 1 is 1.00 bits per heavy atom. The van der Waals surface area contributed by atoms with Crippen LogP contribution in [0.4, 0.5) is 0 Å². The summed E-state index contributed by atoms with van der Waals surface area (Å²) in [6.45, 7) is 2.21. The van der Waals surface area contributed by atoms with E-state index < -0.39 is 10.0 Å². The van der Waals surface area contributed by atoms with Crippen LogP contribution in [0.15, 0.2) is 53.4 Å². The Balaban J connectivity index is 1.62. The lowest BCUT2D eigenvalue weighted by molar-refractivity contribution is 0.0938. The topological polar surface area (TPSA) is 75.3 Å². The summed E-state index contributed by atoms with van der Waals surface area (Å²) in [6.07, 6.45) is 4.33. The number of hydrogen-bond acceptors (Lipinski definition) is 3. The van der Waals surface area contributed by atoms with Gasteiger partial charge in [0.25, 0.3) is 5.91 Å². The third kappa shape index (κ3) is 4.71. The van der Waals surface area contributed by atoms with Crippen molar-refractivity contribution in [1.29, 1.82) is 0 Å². The fourth-order valence-electron chi connectivity index (χ4n) is 3.09. The van der Waals surface area contributed by atoms with Crippen molar-refractivity contribution in [2.75, 3.05) is 0 Å². The fraction of sp³-hybridized carbons (Fsp3) is 0.350. The van der Waals surface area contributed by atoms with Gasteiger partial charge in [0.15, 0.2) is 0 Å². The highest BCUT2D eigenvalue weighted by Crippen LogP contribution is 2.18. The van der Waals surface area contributed by atoms with Crippen molar-refractivity contribution in [2.45, 2.75) is 50.1 Å². The molecule has 1 aliphatic rings. The molecule has 6 heteroatoms. The molecule has 1 aliphatic carbocycles. The minimum Gasteiger partial charge on any atom is -0.349 e. The van der Waals surface area contributed by atoms with Gasteiger partial charge in [-0.25, -0.2) is 13.1 Å². The first-order valence-electron chi connectivity index (χ1n) is 8.90. The van der Waals surface area contributed by atoms with Gasteiger partial charge in [-0.2, -0.15) is 0 Å². The molecule has 0 aliphatic heterocycles. The summed E-state index contributed by atoms with van der Waals surface area (Å²) in [5.41, 5.74) is 2.50. The molecule has 138 valence electrons. The monoisotopic (exact) mass is 372 g/mol. The molecule has 1 fully saturated rings. The lowest BCUT2D eigenvalue weighted by atomic mass is 10.2. The van der Waals surface area contributed by atoms with Gasteiger partial charge in [0.2, 0.25) is 10.0 Å². The summed E-state index contributed by atoms with van der Waals surface area (Å²) in [4.78, 5) is 12.4. The molecule has 0 spiro atoms. The molecule has 2 aromatic carbocycles. The van der Waals surface area contributed by atoms with Gasteiger partial charge >= 0.3 is 0 Å². The van der Waals surface area contributed by atoms with Gasteiger partial charge in [0.05, 0.1) is 4.90 Å². The molecule has 0 aromatic heterocycles. The average molecular weight is 372 g/mol. The van der Waals surface area contributed by atoms with Gasteiger partial charge < -0.3 is 5.32 Å². The van der Waals surface area contributed by atoms with Crippen LogP contribution >= 0.6 is 0 Å². The molecule has 0 heterocycles.